The molecular formula is C50H38N4O2. The average Bonchev–Trinajstić information content (AvgIpc) is 3.74. The molecule has 7 aromatic carbocycles. The van der Waals surface area contributed by atoms with Crippen LogP contribution in [0.2, 0.25) is 0 Å². The van der Waals surface area contributed by atoms with Crippen molar-refractivity contribution in [3.05, 3.63) is 177 Å². The molecule has 11 rings (SSSR count). The van der Waals surface area contributed by atoms with Gasteiger partial charge in [-0.25, -0.2) is 0 Å². The second-order valence-electron chi connectivity index (χ2n) is 15.0. The highest BCUT2D eigenvalue weighted by atomic mass is 16.1. The molecule has 0 aliphatic carbocycles. The largest absolute Gasteiger partial charge is 0.341 e. The molecule has 4 heterocycles. The zero-order chi connectivity index (χ0) is 37.7. The number of aromatic nitrogens is 4. The van der Waals surface area contributed by atoms with Crippen molar-refractivity contribution in [3.8, 4) is 0 Å². The molecule has 0 saturated heterocycles. The Balaban J connectivity index is 1.32. The zero-order valence-electron chi connectivity index (χ0n) is 31.3. The van der Waals surface area contributed by atoms with Crippen LogP contribution in [0.4, 0.5) is 0 Å². The van der Waals surface area contributed by atoms with Crippen LogP contribution in [-0.2, 0) is 26.2 Å². The smallest absolute Gasteiger partial charge is 0.197 e. The quantitative estimate of drug-likeness (QED) is 0.160. The van der Waals surface area contributed by atoms with Gasteiger partial charge in [0.15, 0.2) is 10.9 Å². The summed E-state index contributed by atoms with van der Waals surface area (Å²) in [7, 11) is 0. The Morgan fingerprint density at radius 3 is 0.982 bits per heavy atom. The first-order valence-electron chi connectivity index (χ1n) is 19.5. The minimum Gasteiger partial charge on any atom is -0.341 e. The van der Waals surface area contributed by atoms with E-state index in [1.807, 2.05) is 24.3 Å². The molecule has 0 bridgehead atoms. The van der Waals surface area contributed by atoms with E-state index in [4.69, 9.17) is 0 Å². The third-order valence-corrected chi connectivity index (χ3v) is 12.0. The maximum atomic E-state index is 15.1. The molecular weight excluding hydrogens is 689 g/mol. The number of hydrogen-bond donors (Lipinski definition) is 0. The Hall–Kier alpha value is -6.92. The number of nitrogens with zero attached hydrogens (tertiary/aromatic N) is 4. The molecule has 0 radical (unpaired) electrons. The van der Waals surface area contributed by atoms with Gasteiger partial charge in [-0.3, -0.25) is 9.59 Å². The number of pyridine rings is 2. The Morgan fingerprint density at radius 1 is 0.321 bits per heavy atom. The van der Waals surface area contributed by atoms with E-state index in [1.54, 1.807) is 0 Å². The molecule has 0 aliphatic heterocycles. The van der Waals surface area contributed by atoms with Crippen molar-refractivity contribution >= 4 is 87.2 Å². The van der Waals surface area contributed by atoms with Crippen molar-refractivity contribution in [2.24, 2.45) is 0 Å². The van der Waals surface area contributed by atoms with Crippen LogP contribution >= 0.6 is 0 Å². The average molecular weight is 727 g/mol. The Labute approximate surface area is 321 Å². The third kappa shape index (κ3) is 4.62. The highest BCUT2D eigenvalue weighted by molar-refractivity contribution is 6.15. The van der Waals surface area contributed by atoms with E-state index >= 15 is 9.59 Å². The molecule has 0 unspecified atom stereocenters. The maximum Gasteiger partial charge on any atom is 0.197 e. The Morgan fingerprint density at radius 2 is 0.625 bits per heavy atom. The van der Waals surface area contributed by atoms with Gasteiger partial charge in [0.05, 0.1) is 22.1 Å². The Kier molecular flexibility index (Phi) is 7.14. The summed E-state index contributed by atoms with van der Waals surface area (Å²) >= 11 is 0. The van der Waals surface area contributed by atoms with Crippen molar-refractivity contribution < 1.29 is 0 Å². The summed E-state index contributed by atoms with van der Waals surface area (Å²) in [6.45, 7) is 6.96. The van der Waals surface area contributed by atoms with Gasteiger partial charge in [-0.15, -0.1) is 0 Å². The van der Waals surface area contributed by atoms with E-state index in [0.29, 0.717) is 34.6 Å². The van der Waals surface area contributed by atoms with Gasteiger partial charge in [0.25, 0.3) is 0 Å². The molecule has 6 nitrogen and oxygen atoms in total. The van der Waals surface area contributed by atoms with Gasteiger partial charge in [0, 0.05) is 91.3 Å². The van der Waals surface area contributed by atoms with E-state index in [-0.39, 0.29) is 10.9 Å². The lowest BCUT2D eigenvalue weighted by atomic mass is 10.0. The summed E-state index contributed by atoms with van der Waals surface area (Å²) in [4.78, 5) is 30.1. The van der Waals surface area contributed by atoms with Crippen molar-refractivity contribution in [1.82, 2.24) is 18.3 Å². The SMILES string of the molecule is CCn1c2ccccc2c2cc3c(cc21)c(=O)c1cc2c(cc1n3Cc1ccccc1)c(=O)c1cc3c(cc1n2Cc1ccccc1)c1ccccc1n3CC. The van der Waals surface area contributed by atoms with E-state index in [0.717, 1.165) is 89.9 Å². The number of aryl methyl sites for hydroxylation is 2. The number of benzene rings is 7. The molecule has 4 aromatic heterocycles. The first-order valence-corrected chi connectivity index (χ1v) is 19.5. The third-order valence-electron chi connectivity index (χ3n) is 12.0. The second-order valence-corrected chi connectivity index (χ2v) is 15.0. The van der Waals surface area contributed by atoms with Crippen LogP contribution in [0.1, 0.15) is 25.0 Å². The lowest BCUT2D eigenvalue weighted by Crippen LogP contribution is -2.16. The van der Waals surface area contributed by atoms with E-state index < -0.39 is 0 Å². The highest BCUT2D eigenvalue weighted by Crippen LogP contribution is 2.36. The van der Waals surface area contributed by atoms with Crippen LogP contribution in [0.25, 0.3) is 87.2 Å². The van der Waals surface area contributed by atoms with Crippen LogP contribution in [-0.4, -0.2) is 18.3 Å². The minimum atomic E-state index is -0.0312. The minimum absolute atomic E-state index is 0.0312. The van der Waals surface area contributed by atoms with Crippen LogP contribution < -0.4 is 10.9 Å². The fourth-order valence-corrected chi connectivity index (χ4v) is 9.47. The first kappa shape index (κ1) is 32.5. The molecule has 0 saturated carbocycles. The fourth-order valence-electron chi connectivity index (χ4n) is 9.47. The summed E-state index contributed by atoms with van der Waals surface area (Å²) in [5, 5.41) is 7.09. The second kappa shape index (κ2) is 12.3. The molecule has 11 aromatic rings. The highest BCUT2D eigenvalue weighted by Gasteiger charge is 2.21. The summed E-state index contributed by atoms with van der Waals surface area (Å²) in [5.74, 6) is 0. The maximum absolute atomic E-state index is 15.1. The predicted octanol–water partition coefficient (Wildman–Crippen LogP) is 11.0. The van der Waals surface area contributed by atoms with Crippen molar-refractivity contribution in [3.63, 3.8) is 0 Å². The van der Waals surface area contributed by atoms with Crippen LogP contribution in [0.5, 0.6) is 0 Å². The van der Waals surface area contributed by atoms with Gasteiger partial charge in [0.1, 0.15) is 0 Å². The normalized spacial score (nSPS) is 12.2. The van der Waals surface area contributed by atoms with Crippen molar-refractivity contribution in [1.29, 1.82) is 0 Å². The summed E-state index contributed by atoms with van der Waals surface area (Å²) in [6, 6.07) is 50.3. The molecule has 0 fully saturated rings. The van der Waals surface area contributed by atoms with E-state index in [9.17, 15) is 0 Å². The van der Waals surface area contributed by atoms with Crippen LogP contribution in [0.15, 0.2) is 155 Å². The molecule has 6 heteroatoms. The summed E-state index contributed by atoms with van der Waals surface area (Å²) in [5.41, 5.74) is 9.79. The fraction of sp³-hybridized carbons (Fsp3) is 0.120. The summed E-state index contributed by atoms with van der Waals surface area (Å²) in [6.07, 6.45) is 0. The van der Waals surface area contributed by atoms with Crippen LogP contribution in [0, 0.1) is 0 Å². The van der Waals surface area contributed by atoms with Gasteiger partial charge >= 0.3 is 0 Å². The van der Waals surface area contributed by atoms with Gasteiger partial charge in [-0.2, -0.15) is 0 Å². The van der Waals surface area contributed by atoms with Crippen molar-refractivity contribution in [2.45, 2.75) is 40.0 Å². The molecule has 0 N–H and O–H groups in total. The Bertz CT molecular complexity index is 3300. The lowest BCUT2D eigenvalue weighted by Gasteiger charge is -2.20. The molecule has 0 amide bonds. The van der Waals surface area contributed by atoms with E-state index in [2.05, 4.69) is 153 Å². The lowest BCUT2D eigenvalue weighted by molar-refractivity contribution is 0.827. The number of rotatable bonds is 6. The molecule has 0 atom stereocenters. The zero-order valence-corrected chi connectivity index (χ0v) is 31.3. The molecule has 0 spiro atoms. The van der Waals surface area contributed by atoms with E-state index in [1.165, 1.54) is 0 Å². The standard InChI is InChI=1S/C50H38N4O2/c1-3-51-41-21-13-11-19-33(41)35-23-45-37(25-43(35)51)49(55)39-27-48-40(28-47(39)53(45)29-31-15-7-5-8-16-31)50(56)38-26-44-36(34-20-12-14-22-42(34)52(44)4-2)24-46(38)54(48)30-32-17-9-6-10-18-32/h5-28H,3-4,29-30H2,1-2H3. The number of hydrogen-bond acceptors (Lipinski definition) is 2. The topological polar surface area (TPSA) is 53.9 Å². The van der Waals surface area contributed by atoms with Gasteiger partial charge < -0.3 is 18.3 Å². The monoisotopic (exact) mass is 726 g/mol. The van der Waals surface area contributed by atoms with Gasteiger partial charge in [-0.05, 0) is 73.5 Å². The number of fused-ring (bicyclic) bond motifs is 10. The number of para-hydroxylation sites is 2. The van der Waals surface area contributed by atoms with Gasteiger partial charge in [0.2, 0.25) is 0 Å². The first-order chi connectivity index (χ1) is 27.5. The molecule has 270 valence electrons. The summed E-state index contributed by atoms with van der Waals surface area (Å²) < 4.78 is 9.11. The van der Waals surface area contributed by atoms with Crippen LogP contribution in [0.3, 0.4) is 0 Å². The van der Waals surface area contributed by atoms with Gasteiger partial charge in [-0.1, -0.05) is 97.1 Å². The molecule has 0 aliphatic rings. The molecule has 56 heavy (non-hydrogen) atoms. The predicted molar refractivity (Wildman–Crippen MR) is 233 cm³/mol. The van der Waals surface area contributed by atoms with Crippen molar-refractivity contribution in [2.75, 3.05) is 0 Å².